The number of rotatable bonds is 4. The van der Waals surface area contributed by atoms with Crippen LogP contribution in [-0.2, 0) is 9.53 Å². The summed E-state index contributed by atoms with van der Waals surface area (Å²) in [5, 5.41) is 11.3. The van der Waals surface area contributed by atoms with E-state index < -0.39 is 25.3 Å². The minimum atomic E-state index is -4.49. The van der Waals surface area contributed by atoms with Crippen molar-refractivity contribution >= 4 is 23.2 Å². The summed E-state index contributed by atoms with van der Waals surface area (Å²) in [7, 11) is 0. The van der Waals surface area contributed by atoms with Gasteiger partial charge in [-0.3, -0.25) is 4.79 Å². The summed E-state index contributed by atoms with van der Waals surface area (Å²) >= 11 is 5.77. The summed E-state index contributed by atoms with van der Waals surface area (Å²) < 4.78 is 39.9. The standard InChI is InChI=1S/C13H11ClF3NO3/c14-10-4-3-9(2-1-5-19)11(6-10)18-12(20)7-21-8-13(15,16)17/h3-4,6,19H,5,7-8H2,(H,18,20). The zero-order valence-corrected chi connectivity index (χ0v) is 11.4. The number of aliphatic hydroxyl groups excluding tert-OH is 1. The van der Waals surface area contributed by atoms with Gasteiger partial charge in [0.15, 0.2) is 0 Å². The maximum absolute atomic E-state index is 11.9. The van der Waals surface area contributed by atoms with E-state index in [1.165, 1.54) is 18.2 Å². The number of aliphatic hydroxyl groups is 1. The number of hydrogen-bond donors (Lipinski definition) is 2. The number of carbonyl (C=O) groups is 1. The second kappa shape index (κ2) is 7.88. The van der Waals surface area contributed by atoms with Crippen molar-refractivity contribution in [2.24, 2.45) is 0 Å². The normalized spacial score (nSPS) is 10.7. The van der Waals surface area contributed by atoms with Gasteiger partial charge in [0, 0.05) is 10.6 Å². The van der Waals surface area contributed by atoms with Crippen LogP contribution in [0.3, 0.4) is 0 Å². The van der Waals surface area contributed by atoms with E-state index in [1.54, 1.807) is 0 Å². The molecule has 1 aromatic rings. The van der Waals surface area contributed by atoms with Crippen LogP contribution in [0.2, 0.25) is 5.02 Å². The van der Waals surface area contributed by atoms with E-state index in [4.69, 9.17) is 16.7 Å². The molecule has 0 aromatic heterocycles. The van der Waals surface area contributed by atoms with Crippen molar-refractivity contribution in [3.63, 3.8) is 0 Å². The van der Waals surface area contributed by atoms with Crippen LogP contribution >= 0.6 is 11.6 Å². The molecule has 1 aromatic carbocycles. The molecule has 0 aliphatic carbocycles. The molecule has 0 aliphatic heterocycles. The molecular formula is C13H11ClF3NO3. The monoisotopic (exact) mass is 321 g/mol. The first-order valence-electron chi connectivity index (χ1n) is 5.65. The number of hydrogen-bond acceptors (Lipinski definition) is 3. The highest BCUT2D eigenvalue weighted by molar-refractivity contribution is 6.31. The predicted octanol–water partition coefficient (Wildman–Crippen LogP) is 2.20. The van der Waals surface area contributed by atoms with Gasteiger partial charge in [-0.05, 0) is 18.2 Å². The molecule has 8 heteroatoms. The van der Waals surface area contributed by atoms with E-state index in [9.17, 15) is 18.0 Å². The zero-order chi connectivity index (χ0) is 15.9. The van der Waals surface area contributed by atoms with Crippen molar-refractivity contribution in [1.82, 2.24) is 0 Å². The van der Waals surface area contributed by atoms with Crippen molar-refractivity contribution in [2.45, 2.75) is 6.18 Å². The lowest BCUT2D eigenvalue weighted by molar-refractivity contribution is -0.174. The van der Waals surface area contributed by atoms with E-state index in [1.807, 2.05) is 0 Å². The summed E-state index contributed by atoms with van der Waals surface area (Å²) in [6.45, 7) is -2.63. The van der Waals surface area contributed by atoms with Gasteiger partial charge in [0.1, 0.15) is 19.8 Å². The third kappa shape index (κ3) is 6.99. The lowest BCUT2D eigenvalue weighted by atomic mass is 10.2. The van der Waals surface area contributed by atoms with Gasteiger partial charge in [-0.15, -0.1) is 0 Å². The van der Waals surface area contributed by atoms with Crippen molar-refractivity contribution in [2.75, 3.05) is 25.1 Å². The minimum Gasteiger partial charge on any atom is -0.384 e. The smallest absolute Gasteiger partial charge is 0.384 e. The number of anilines is 1. The Hall–Kier alpha value is -1.75. The Morgan fingerprint density at radius 1 is 1.43 bits per heavy atom. The van der Waals surface area contributed by atoms with Gasteiger partial charge >= 0.3 is 6.18 Å². The Kier molecular flexibility index (Phi) is 6.49. The number of nitrogens with one attached hydrogen (secondary N) is 1. The Morgan fingerprint density at radius 2 is 2.14 bits per heavy atom. The lowest BCUT2D eigenvalue weighted by Crippen LogP contribution is -2.24. The third-order valence-electron chi connectivity index (χ3n) is 2.06. The fraction of sp³-hybridized carbons (Fsp3) is 0.308. The van der Waals surface area contributed by atoms with Gasteiger partial charge in [0.05, 0.1) is 5.69 Å². The van der Waals surface area contributed by atoms with E-state index in [0.29, 0.717) is 10.6 Å². The highest BCUT2D eigenvalue weighted by atomic mass is 35.5. The van der Waals surface area contributed by atoms with Crippen LogP contribution < -0.4 is 5.32 Å². The zero-order valence-electron chi connectivity index (χ0n) is 10.6. The predicted molar refractivity (Wildman–Crippen MR) is 70.9 cm³/mol. The van der Waals surface area contributed by atoms with Gasteiger partial charge in [0.25, 0.3) is 0 Å². The quantitative estimate of drug-likeness (QED) is 0.836. The molecule has 4 nitrogen and oxygen atoms in total. The summed E-state index contributed by atoms with van der Waals surface area (Å²) in [4.78, 5) is 11.5. The van der Waals surface area contributed by atoms with Crippen LogP contribution in [0.4, 0.5) is 18.9 Å². The number of amides is 1. The lowest BCUT2D eigenvalue weighted by Gasteiger charge is -2.10. The molecule has 21 heavy (non-hydrogen) atoms. The SMILES string of the molecule is O=C(COCC(F)(F)F)Nc1cc(Cl)ccc1C#CCO. The van der Waals surface area contributed by atoms with Crippen molar-refractivity contribution in [1.29, 1.82) is 0 Å². The summed E-state index contributed by atoms with van der Waals surface area (Å²) in [6.07, 6.45) is -4.49. The van der Waals surface area contributed by atoms with Gasteiger partial charge in [-0.2, -0.15) is 13.2 Å². The van der Waals surface area contributed by atoms with E-state index in [0.717, 1.165) is 0 Å². The average molecular weight is 322 g/mol. The largest absolute Gasteiger partial charge is 0.411 e. The molecule has 0 fully saturated rings. The second-order valence-corrected chi connectivity index (χ2v) is 4.24. The fourth-order valence-electron chi connectivity index (χ4n) is 1.31. The number of alkyl halides is 3. The summed E-state index contributed by atoms with van der Waals surface area (Å²) in [5.41, 5.74) is 0.599. The van der Waals surface area contributed by atoms with E-state index >= 15 is 0 Å². The van der Waals surface area contributed by atoms with Crippen molar-refractivity contribution in [3.8, 4) is 11.8 Å². The van der Waals surface area contributed by atoms with Crippen LogP contribution in [0.1, 0.15) is 5.56 Å². The molecule has 0 atom stereocenters. The number of ether oxygens (including phenoxy) is 1. The molecule has 1 rings (SSSR count). The van der Waals surface area contributed by atoms with Gasteiger partial charge in [-0.25, -0.2) is 0 Å². The number of carbonyl (C=O) groups excluding carboxylic acids is 1. The molecule has 0 spiro atoms. The second-order valence-electron chi connectivity index (χ2n) is 3.81. The Balaban J connectivity index is 2.68. The average Bonchev–Trinajstić information content (AvgIpc) is 2.36. The Morgan fingerprint density at radius 3 is 2.76 bits per heavy atom. The fourth-order valence-corrected chi connectivity index (χ4v) is 1.48. The molecule has 1 amide bonds. The molecule has 2 N–H and O–H groups in total. The van der Waals surface area contributed by atoms with E-state index in [2.05, 4.69) is 21.9 Å². The van der Waals surface area contributed by atoms with Gasteiger partial charge in [-0.1, -0.05) is 23.4 Å². The summed E-state index contributed by atoms with van der Waals surface area (Å²) in [6, 6.07) is 4.43. The van der Waals surface area contributed by atoms with Crippen LogP contribution in [0.25, 0.3) is 0 Å². The Bertz CT molecular complexity index is 564. The molecule has 0 saturated heterocycles. The molecule has 114 valence electrons. The molecule has 0 saturated carbocycles. The molecular weight excluding hydrogens is 311 g/mol. The Labute approximate surface area is 123 Å². The maximum Gasteiger partial charge on any atom is 0.411 e. The molecule has 0 heterocycles. The van der Waals surface area contributed by atoms with Crippen LogP contribution in [0.15, 0.2) is 18.2 Å². The maximum atomic E-state index is 11.9. The van der Waals surface area contributed by atoms with Gasteiger partial charge in [0.2, 0.25) is 5.91 Å². The van der Waals surface area contributed by atoms with Crippen molar-refractivity contribution < 1.29 is 27.8 Å². The topological polar surface area (TPSA) is 58.6 Å². The first-order valence-corrected chi connectivity index (χ1v) is 6.03. The van der Waals surface area contributed by atoms with Gasteiger partial charge < -0.3 is 15.2 Å². The van der Waals surface area contributed by atoms with E-state index in [-0.39, 0.29) is 12.3 Å². The number of halogens is 4. The highest BCUT2D eigenvalue weighted by Crippen LogP contribution is 2.20. The minimum absolute atomic E-state index is 0.226. The van der Waals surface area contributed by atoms with Crippen LogP contribution in [0.5, 0.6) is 0 Å². The first-order chi connectivity index (χ1) is 9.81. The molecule has 0 aliphatic rings. The van der Waals surface area contributed by atoms with Crippen molar-refractivity contribution in [3.05, 3.63) is 28.8 Å². The summed E-state index contributed by atoms with van der Waals surface area (Å²) in [5.74, 6) is 4.20. The van der Waals surface area contributed by atoms with Crippen LogP contribution in [0, 0.1) is 11.8 Å². The van der Waals surface area contributed by atoms with Crippen LogP contribution in [-0.4, -0.2) is 37.0 Å². The highest BCUT2D eigenvalue weighted by Gasteiger charge is 2.27. The molecule has 0 radical (unpaired) electrons. The molecule has 0 unspecified atom stereocenters. The molecule has 0 bridgehead atoms. The third-order valence-corrected chi connectivity index (χ3v) is 2.29. The number of benzene rings is 1. The first kappa shape index (κ1) is 17.3.